The number of carbonyl (C=O) groups excluding carboxylic acids is 2. The van der Waals surface area contributed by atoms with Gasteiger partial charge >= 0.3 is 0 Å². The maximum Gasteiger partial charge on any atom is 0.282 e. The van der Waals surface area contributed by atoms with Crippen LogP contribution < -0.4 is 5.43 Å². The monoisotopic (exact) mass is 304 g/mol. The highest BCUT2D eigenvalue weighted by molar-refractivity contribution is 5.97. The largest absolute Gasteiger partial charge is 0.350 e. The van der Waals surface area contributed by atoms with E-state index in [4.69, 9.17) is 0 Å². The molecule has 2 amide bonds. The molecule has 2 heterocycles. The van der Waals surface area contributed by atoms with E-state index < -0.39 is 0 Å². The maximum absolute atomic E-state index is 13.2. The molecule has 1 aromatic heterocycles. The lowest BCUT2D eigenvalue weighted by atomic mass is 10.2. The number of amides is 2. The number of benzene rings is 1. The summed E-state index contributed by atoms with van der Waals surface area (Å²) < 4.78 is 13.2. The number of aromatic amines is 1. The number of hydrazine groups is 1. The van der Waals surface area contributed by atoms with E-state index in [-0.39, 0.29) is 17.6 Å². The predicted molar refractivity (Wildman–Crippen MR) is 79.5 cm³/mol. The number of hydrogen-bond donors (Lipinski definition) is 2. The van der Waals surface area contributed by atoms with Crippen molar-refractivity contribution in [3.8, 4) is 0 Å². The second kappa shape index (κ2) is 5.76. The molecule has 1 aliphatic heterocycles. The number of rotatable bonds is 2. The molecular weight excluding hydrogens is 287 g/mol. The molecule has 1 aromatic carbocycles. The summed E-state index contributed by atoms with van der Waals surface area (Å²) >= 11 is 0. The predicted octanol–water partition coefficient (Wildman–Crippen LogP) is 1.12. The molecule has 2 N–H and O–H groups in total. The van der Waals surface area contributed by atoms with Gasteiger partial charge in [0.2, 0.25) is 5.91 Å². The molecule has 0 spiro atoms. The van der Waals surface area contributed by atoms with Crippen molar-refractivity contribution in [1.29, 1.82) is 0 Å². The van der Waals surface area contributed by atoms with Gasteiger partial charge in [-0.05, 0) is 24.3 Å². The minimum atomic E-state index is -0.334. The number of halogens is 1. The Morgan fingerprint density at radius 3 is 2.59 bits per heavy atom. The van der Waals surface area contributed by atoms with Crippen LogP contribution in [0.5, 0.6) is 0 Å². The van der Waals surface area contributed by atoms with Crippen LogP contribution in [0.4, 0.5) is 4.39 Å². The zero-order valence-corrected chi connectivity index (χ0v) is 12.2. The standard InChI is InChI=1S/C15H17FN4O2/c1-10(21)19-4-6-20(7-5-19)18-15(22)14-9-11-8-12(16)2-3-13(11)17-14/h2-3,8-9,17H,4-7H2,1H3,(H,18,22). The smallest absolute Gasteiger partial charge is 0.282 e. The molecule has 1 saturated heterocycles. The van der Waals surface area contributed by atoms with Gasteiger partial charge in [0.05, 0.1) is 0 Å². The number of nitrogens with one attached hydrogen (secondary N) is 2. The summed E-state index contributed by atoms with van der Waals surface area (Å²) in [5.41, 5.74) is 3.90. The molecule has 0 radical (unpaired) electrons. The molecule has 0 aliphatic carbocycles. The van der Waals surface area contributed by atoms with Crippen LogP contribution in [0.15, 0.2) is 24.3 Å². The third kappa shape index (κ3) is 2.94. The molecule has 0 atom stereocenters. The molecule has 2 aromatic rings. The zero-order chi connectivity index (χ0) is 15.7. The molecule has 116 valence electrons. The first-order chi connectivity index (χ1) is 10.5. The van der Waals surface area contributed by atoms with Gasteiger partial charge in [-0.2, -0.15) is 0 Å². The van der Waals surface area contributed by atoms with E-state index in [2.05, 4.69) is 10.4 Å². The van der Waals surface area contributed by atoms with Gasteiger partial charge in [-0.3, -0.25) is 15.0 Å². The number of nitrogens with zero attached hydrogens (tertiary/aromatic N) is 2. The van der Waals surface area contributed by atoms with Crippen LogP contribution in [0.3, 0.4) is 0 Å². The fraction of sp³-hybridized carbons (Fsp3) is 0.333. The molecule has 1 aliphatic rings. The highest BCUT2D eigenvalue weighted by Gasteiger charge is 2.20. The van der Waals surface area contributed by atoms with Crippen molar-refractivity contribution < 1.29 is 14.0 Å². The SMILES string of the molecule is CC(=O)N1CCN(NC(=O)c2cc3cc(F)ccc3[nH]2)CC1. The Morgan fingerprint density at radius 2 is 1.91 bits per heavy atom. The third-order valence-corrected chi connectivity index (χ3v) is 3.81. The highest BCUT2D eigenvalue weighted by Crippen LogP contribution is 2.16. The number of aromatic nitrogens is 1. The van der Waals surface area contributed by atoms with E-state index in [0.717, 1.165) is 0 Å². The van der Waals surface area contributed by atoms with Gasteiger partial charge in [0.1, 0.15) is 11.5 Å². The third-order valence-electron chi connectivity index (χ3n) is 3.81. The van der Waals surface area contributed by atoms with Crippen LogP contribution in [-0.2, 0) is 4.79 Å². The first-order valence-electron chi connectivity index (χ1n) is 7.12. The lowest BCUT2D eigenvalue weighted by molar-refractivity contribution is -0.130. The fourth-order valence-electron chi connectivity index (χ4n) is 2.56. The summed E-state index contributed by atoms with van der Waals surface area (Å²) in [6.45, 7) is 3.89. The zero-order valence-electron chi connectivity index (χ0n) is 12.2. The lowest BCUT2D eigenvalue weighted by Gasteiger charge is -2.33. The molecule has 0 saturated carbocycles. The first-order valence-corrected chi connectivity index (χ1v) is 7.12. The second-order valence-electron chi connectivity index (χ2n) is 5.35. The molecular formula is C15H17FN4O2. The average Bonchev–Trinajstić information content (AvgIpc) is 2.91. The lowest BCUT2D eigenvalue weighted by Crippen LogP contribution is -2.54. The summed E-state index contributed by atoms with van der Waals surface area (Å²) in [5.74, 6) is -0.560. The number of carbonyl (C=O) groups is 2. The Morgan fingerprint density at radius 1 is 1.18 bits per heavy atom. The Bertz CT molecular complexity index is 719. The Kier molecular flexibility index (Phi) is 3.81. The normalized spacial score (nSPS) is 16.0. The summed E-state index contributed by atoms with van der Waals surface area (Å²) in [7, 11) is 0. The van der Waals surface area contributed by atoms with Crippen molar-refractivity contribution in [3.05, 3.63) is 35.8 Å². The van der Waals surface area contributed by atoms with Crippen molar-refractivity contribution in [2.24, 2.45) is 0 Å². The van der Waals surface area contributed by atoms with Crippen LogP contribution in [0.1, 0.15) is 17.4 Å². The van der Waals surface area contributed by atoms with Crippen molar-refractivity contribution in [3.63, 3.8) is 0 Å². The van der Waals surface area contributed by atoms with E-state index in [0.29, 0.717) is 42.8 Å². The Balaban J connectivity index is 1.65. The molecule has 6 nitrogen and oxygen atoms in total. The average molecular weight is 304 g/mol. The summed E-state index contributed by atoms with van der Waals surface area (Å²) in [6.07, 6.45) is 0. The van der Waals surface area contributed by atoms with E-state index >= 15 is 0 Å². The summed E-state index contributed by atoms with van der Waals surface area (Å²) in [4.78, 5) is 28.2. The van der Waals surface area contributed by atoms with E-state index in [9.17, 15) is 14.0 Å². The van der Waals surface area contributed by atoms with Gasteiger partial charge in [0, 0.05) is 44.0 Å². The van der Waals surface area contributed by atoms with Crippen molar-refractivity contribution in [2.75, 3.05) is 26.2 Å². The van der Waals surface area contributed by atoms with E-state index in [1.165, 1.54) is 19.1 Å². The second-order valence-corrected chi connectivity index (χ2v) is 5.35. The molecule has 0 bridgehead atoms. The van der Waals surface area contributed by atoms with Crippen LogP contribution in [0, 0.1) is 5.82 Å². The number of H-pyrrole nitrogens is 1. The van der Waals surface area contributed by atoms with Crippen molar-refractivity contribution in [1.82, 2.24) is 20.3 Å². The Labute approximate surface area is 126 Å². The topological polar surface area (TPSA) is 68.4 Å². The molecule has 3 rings (SSSR count). The molecule has 22 heavy (non-hydrogen) atoms. The fourth-order valence-corrected chi connectivity index (χ4v) is 2.56. The van der Waals surface area contributed by atoms with Crippen LogP contribution in [0.2, 0.25) is 0 Å². The molecule has 1 fully saturated rings. The van der Waals surface area contributed by atoms with Crippen molar-refractivity contribution >= 4 is 22.7 Å². The van der Waals surface area contributed by atoms with E-state index in [1.54, 1.807) is 22.0 Å². The number of piperazine rings is 1. The van der Waals surface area contributed by atoms with Crippen LogP contribution in [-0.4, -0.2) is 52.9 Å². The number of fused-ring (bicyclic) bond motifs is 1. The Hall–Kier alpha value is -2.41. The van der Waals surface area contributed by atoms with Crippen LogP contribution >= 0.6 is 0 Å². The van der Waals surface area contributed by atoms with E-state index in [1.807, 2.05) is 0 Å². The minimum absolute atomic E-state index is 0.0450. The molecule has 0 unspecified atom stereocenters. The van der Waals surface area contributed by atoms with Gasteiger partial charge in [-0.1, -0.05) is 0 Å². The first kappa shape index (κ1) is 14.5. The summed E-state index contributed by atoms with van der Waals surface area (Å²) in [6, 6.07) is 5.96. The van der Waals surface area contributed by atoms with Crippen molar-refractivity contribution in [2.45, 2.75) is 6.92 Å². The van der Waals surface area contributed by atoms with Gasteiger partial charge in [0.15, 0.2) is 0 Å². The van der Waals surface area contributed by atoms with Gasteiger partial charge < -0.3 is 9.88 Å². The number of hydrogen-bond acceptors (Lipinski definition) is 3. The highest BCUT2D eigenvalue weighted by atomic mass is 19.1. The maximum atomic E-state index is 13.2. The van der Waals surface area contributed by atoms with Crippen LogP contribution in [0.25, 0.3) is 10.9 Å². The quantitative estimate of drug-likeness (QED) is 0.873. The summed E-state index contributed by atoms with van der Waals surface area (Å²) in [5, 5.41) is 2.44. The van der Waals surface area contributed by atoms with Gasteiger partial charge in [-0.25, -0.2) is 9.40 Å². The minimum Gasteiger partial charge on any atom is -0.350 e. The van der Waals surface area contributed by atoms with Gasteiger partial charge in [-0.15, -0.1) is 0 Å². The van der Waals surface area contributed by atoms with Gasteiger partial charge in [0.25, 0.3) is 5.91 Å². The molecule has 7 heteroatoms.